The van der Waals surface area contributed by atoms with Crippen LogP contribution in [-0.4, -0.2) is 53.9 Å². The third kappa shape index (κ3) is 4.83. The van der Waals surface area contributed by atoms with Gasteiger partial charge in [0.05, 0.1) is 18.0 Å². The maximum atomic E-state index is 13.0. The number of amides is 2. The van der Waals surface area contributed by atoms with E-state index >= 15 is 0 Å². The summed E-state index contributed by atoms with van der Waals surface area (Å²) in [7, 11) is 0. The first-order valence-corrected chi connectivity index (χ1v) is 10.4. The van der Waals surface area contributed by atoms with Gasteiger partial charge in [0.2, 0.25) is 11.8 Å². The number of halogens is 3. The van der Waals surface area contributed by atoms with E-state index in [0.717, 1.165) is 17.7 Å². The first-order chi connectivity index (χ1) is 15.3. The van der Waals surface area contributed by atoms with Crippen LogP contribution in [0.5, 0.6) is 0 Å². The van der Waals surface area contributed by atoms with E-state index < -0.39 is 17.8 Å². The summed E-state index contributed by atoms with van der Waals surface area (Å²) in [5, 5.41) is 3.11. The minimum Gasteiger partial charge on any atom is -0.339 e. The second-order valence-corrected chi connectivity index (χ2v) is 7.79. The van der Waals surface area contributed by atoms with Gasteiger partial charge in [-0.1, -0.05) is 24.3 Å². The van der Waals surface area contributed by atoms with Crippen molar-refractivity contribution in [2.24, 2.45) is 0 Å². The highest BCUT2D eigenvalue weighted by Gasteiger charge is 2.33. The van der Waals surface area contributed by atoms with Crippen LogP contribution in [0.4, 0.5) is 19.0 Å². The van der Waals surface area contributed by atoms with Gasteiger partial charge < -0.3 is 10.2 Å². The Bertz CT molecular complexity index is 1020. The van der Waals surface area contributed by atoms with Crippen LogP contribution in [0.15, 0.2) is 54.7 Å². The highest BCUT2D eigenvalue weighted by molar-refractivity contribution is 5.99. The van der Waals surface area contributed by atoms with Gasteiger partial charge in [0.1, 0.15) is 5.82 Å². The lowest BCUT2D eigenvalue weighted by molar-refractivity contribution is -0.137. The molecule has 1 aromatic carbocycles. The molecule has 0 saturated carbocycles. The molecular weight excluding hydrogens is 421 g/mol. The second-order valence-electron chi connectivity index (χ2n) is 7.79. The molecule has 2 aliphatic heterocycles. The number of rotatable bonds is 4. The average molecular weight is 444 g/mol. The summed E-state index contributed by atoms with van der Waals surface area (Å²) >= 11 is 0. The number of carbonyl (C=O) groups excluding carboxylic acids is 2. The van der Waals surface area contributed by atoms with E-state index in [4.69, 9.17) is 0 Å². The second kappa shape index (κ2) is 9.12. The van der Waals surface area contributed by atoms with Gasteiger partial charge in [0, 0.05) is 32.4 Å². The van der Waals surface area contributed by atoms with Gasteiger partial charge in [-0.3, -0.25) is 14.5 Å². The number of alkyl halides is 3. The number of hydrogen-bond donors (Lipinski definition) is 1. The number of carbonyl (C=O) groups is 2. The van der Waals surface area contributed by atoms with Crippen molar-refractivity contribution in [3.63, 3.8) is 0 Å². The topological polar surface area (TPSA) is 65.5 Å². The van der Waals surface area contributed by atoms with E-state index in [1.165, 1.54) is 6.07 Å². The Morgan fingerprint density at radius 3 is 2.69 bits per heavy atom. The van der Waals surface area contributed by atoms with E-state index in [1.54, 1.807) is 46.3 Å². The SMILES string of the molecule is O=C(CC1NCCN(c2ccccn2)C1=O)N1CC=C(c2cccc(C(F)(F)F)c2)CC1. The molecule has 0 spiro atoms. The molecule has 0 bridgehead atoms. The van der Waals surface area contributed by atoms with Gasteiger partial charge in [-0.2, -0.15) is 13.2 Å². The van der Waals surface area contributed by atoms with Crippen LogP contribution in [0, 0.1) is 0 Å². The van der Waals surface area contributed by atoms with Crippen molar-refractivity contribution in [3.8, 4) is 0 Å². The zero-order chi connectivity index (χ0) is 22.7. The van der Waals surface area contributed by atoms with Crippen molar-refractivity contribution in [3.05, 3.63) is 65.9 Å². The van der Waals surface area contributed by atoms with Crippen LogP contribution in [0.3, 0.4) is 0 Å². The summed E-state index contributed by atoms with van der Waals surface area (Å²) < 4.78 is 38.9. The van der Waals surface area contributed by atoms with Gasteiger partial charge in [-0.15, -0.1) is 0 Å². The van der Waals surface area contributed by atoms with Crippen LogP contribution in [0.1, 0.15) is 24.0 Å². The normalized spacial score (nSPS) is 19.7. The maximum absolute atomic E-state index is 13.0. The minimum absolute atomic E-state index is 0.0227. The Hall–Kier alpha value is -3.20. The molecule has 1 saturated heterocycles. The quantitative estimate of drug-likeness (QED) is 0.787. The number of aromatic nitrogens is 1. The van der Waals surface area contributed by atoms with Gasteiger partial charge >= 0.3 is 6.18 Å². The van der Waals surface area contributed by atoms with Crippen LogP contribution in [0.2, 0.25) is 0 Å². The highest BCUT2D eigenvalue weighted by atomic mass is 19.4. The summed E-state index contributed by atoms with van der Waals surface area (Å²) in [6.45, 7) is 1.73. The van der Waals surface area contributed by atoms with Crippen molar-refractivity contribution in [1.82, 2.24) is 15.2 Å². The van der Waals surface area contributed by atoms with E-state index in [0.29, 0.717) is 44.0 Å². The number of nitrogens with one attached hydrogen (secondary N) is 1. The van der Waals surface area contributed by atoms with Crippen LogP contribution < -0.4 is 10.2 Å². The summed E-state index contributed by atoms with van der Waals surface area (Å²) in [6.07, 6.45) is -0.510. The molecule has 1 atom stereocenters. The first-order valence-electron chi connectivity index (χ1n) is 10.4. The molecule has 4 rings (SSSR count). The Morgan fingerprint density at radius 1 is 1.16 bits per heavy atom. The smallest absolute Gasteiger partial charge is 0.339 e. The Kier molecular flexibility index (Phi) is 6.27. The summed E-state index contributed by atoms with van der Waals surface area (Å²) in [5.41, 5.74) is 0.615. The Morgan fingerprint density at radius 2 is 2.00 bits per heavy atom. The monoisotopic (exact) mass is 444 g/mol. The molecule has 168 valence electrons. The number of anilines is 1. The molecule has 1 aromatic heterocycles. The standard InChI is InChI=1S/C23H23F3N4O2/c24-23(25,26)18-5-3-4-17(14-18)16-7-11-29(12-8-16)21(31)15-19-22(32)30(13-10-27-19)20-6-1-2-9-28-20/h1-7,9,14,19,27H,8,10-13,15H2. The third-order valence-electron chi connectivity index (χ3n) is 5.72. The average Bonchev–Trinajstić information content (AvgIpc) is 2.80. The van der Waals surface area contributed by atoms with Crippen LogP contribution in [-0.2, 0) is 15.8 Å². The molecular formula is C23H23F3N4O2. The lowest BCUT2D eigenvalue weighted by Gasteiger charge is -2.34. The fourth-order valence-electron chi connectivity index (χ4n) is 3.99. The fourth-order valence-corrected chi connectivity index (χ4v) is 3.99. The van der Waals surface area contributed by atoms with Crippen molar-refractivity contribution >= 4 is 23.2 Å². The predicted octanol–water partition coefficient (Wildman–Crippen LogP) is 3.11. The van der Waals surface area contributed by atoms with Crippen molar-refractivity contribution in [1.29, 1.82) is 0 Å². The molecule has 32 heavy (non-hydrogen) atoms. The van der Waals surface area contributed by atoms with Gasteiger partial charge in [-0.25, -0.2) is 4.98 Å². The predicted molar refractivity (Wildman–Crippen MR) is 114 cm³/mol. The van der Waals surface area contributed by atoms with Gasteiger partial charge in [0.15, 0.2) is 0 Å². The van der Waals surface area contributed by atoms with E-state index in [2.05, 4.69) is 10.3 Å². The molecule has 0 radical (unpaired) electrons. The number of hydrogen-bond acceptors (Lipinski definition) is 4. The lowest BCUT2D eigenvalue weighted by atomic mass is 9.97. The molecule has 9 heteroatoms. The Balaban J connectivity index is 1.38. The molecule has 1 fully saturated rings. The number of pyridine rings is 1. The van der Waals surface area contributed by atoms with E-state index in [9.17, 15) is 22.8 Å². The number of nitrogens with zero attached hydrogens (tertiary/aromatic N) is 3. The highest BCUT2D eigenvalue weighted by Crippen LogP contribution is 2.32. The van der Waals surface area contributed by atoms with E-state index in [-0.39, 0.29) is 18.2 Å². The largest absolute Gasteiger partial charge is 0.416 e. The van der Waals surface area contributed by atoms with Crippen LogP contribution in [0.25, 0.3) is 5.57 Å². The molecule has 1 unspecified atom stereocenters. The molecule has 2 aliphatic rings. The number of piperazine rings is 1. The number of benzene rings is 1. The summed E-state index contributed by atoms with van der Waals surface area (Å²) in [4.78, 5) is 33.1. The first kappa shape index (κ1) is 22.0. The fraction of sp³-hybridized carbons (Fsp3) is 0.348. The lowest BCUT2D eigenvalue weighted by Crippen LogP contribution is -2.57. The molecule has 2 aromatic rings. The van der Waals surface area contributed by atoms with Gasteiger partial charge in [0.25, 0.3) is 0 Å². The zero-order valence-electron chi connectivity index (χ0n) is 17.3. The molecule has 1 N–H and O–H groups in total. The van der Waals surface area contributed by atoms with Crippen molar-refractivity contribution in [2.75, 3.05) is 31.1 Å². The van der Waals surface area contributed by atoms with Gasteiger partial charge in [-0.05, 0) is 41.8 Å². The molecule has 6 nitrogen and oxygen atoms in total. The Labute approximate surface area is 183 Å². The summed E-state index contributed by atoms with van der Waals surface area (Å²) in [5.74, 6) is 0.196. The van der Waals surface area contributed by atoms with Crippen molar-refractivity contribution < 1.29 is 22.8 Å². The maximum Gasteiger partial charge on any atom is 0.416 e. The third-order valence-corrected chi connectivity index (χ3v) is 5.72. The summed E-state index contributed by atoms with van der Waals surface area (Å²) in [6, 6.07) is 9.93. The molecule has 2 amide bonds. The van der Waals surface area contributed by atoms with Crippen molar-refractivity contribution in [2.45, 2.75) is 25.1 Å². The molecule has 3 heterocycles. The van der Waals surface area contributed by atoms with Crippen LogP contribution >= 0.6 is 0 Å². The minimum atomic E-state index is -4.39. The van der Waals surface area contributed by atoms with E-state index in [1.807, 2.05) is 0 Å². The molecule has 0 aliphatic carbocycles. The zero-order valence-corrected chi connectivity index (χ0v) is 17.3.